The number of anilines is 3. The molecule has 2 aromatic heterocycles. The molecular weight excluding hydrogens is 506 g/mol. The van der Waals surface area contributed by atoms with Crippen LogP contribution >= 0.6 is 0 Å². The van der Waals surface area contributed by atoms with Gasteiger partial charge < -0.3 is 23.9 Å². The molecule has 9 heteroatoms. The summed E-state index contributed by atoms with van der Waals surface area (Å²) in [5.74, 6) is 1.64. The molecule has 0 amide bonds. The quantitative estimate of drug-likeness (QED) is 0.375. The molecule has 0 radical (unpaired) electrons. The number of nitrogens with zero attached hydrogens (tertiary/aromatic N) is 4. The van der Waals surface area contributed by atoms with Crippen molar-refractivity contribution in [2.24, 2.45) is 0 Å². The Hall–Kier alpha value is -4.27. The molecule has 0 aliphatic carbocycles. The second kappa shape index (κ2) is 9.73. The van der Waals surface area contributed by atoms with Crippen LogP contribution in [-0.4, -0.2) is 55.8 Å². The summed E-state index contributed by atoms with van der Waals surface area (Å²) in [4.78, 5) is 40.0. The molecule has 0 bridgehead atoms. The van der Waals surface area contributed by atoms with Crippen molar-refractivity contribution in [3.8, 4) is 17.0 Å². The van der Waals surface area contributed by atoms with Crippen LogP contribution in [-0.2, 0) is 0 Å². The van der Waals surface area contributed by atoms with Gasteiger partial charge in [0.1, 0.15) is 11.3 Å². The summed E-state index contributed by atoms with van der Waals surface area (Å²) in [6.45, 7) is 9.48. The van der Waals surface area contributed by atoms with E-state index in [9.17, 15) is 9.59 Å². The first-order valence-electron chi connectivity index (χ1n) is 13.7. The van der Waals surface area contributed by atoms with Crippen molar-refractivity contribution in [2.75, 3.05) is 55.0 Å². The second-order valence-corrected chi connectivity index (χ2v) is 11.5. The average Bonchev–Trinajstić information content (AvgIpc) is 2.94. The molecule has 4 heterocycles. The highest BCUT2D eigenvalue weighted by Gasteiger charge is 2.34. The third-order valence-corrected chi connectivity index (χ3v) is 8.50. The Morgan fingerprint density at radius 3 is 2.48 bits per heavy atom. The monoisotopic (exact) mass is 541 g/mol. The molecule has 0 saturated carbocycles. The van der Waals surface area contributed by atoms with Crippen LogP contribution in [0.4, 0.5) is 17.3 Å². The SMILES string of the molecule is COc1ccccc1N1CCN(c2nc(-c3cc4cc5c(cc4oc3=O)N(C)C(C)(C)CC5C)cc(=O)[nH]2)CC1. The number of methoxy groups -OCH3 is 1. The van der Waals surface area contributed by atoms with Gasteiger partial charge >= 0.3 is 5.63 Å². The van der Waals surface area contributed by atoms with E-state index in [-0.39, 0.29) is 16.7 Å². The van der Waals surface area contributed by atoms with Crippen LogP contribution in [0.2, 0.25) is 0 Å². The number of aromatic nitrogens is 2. The normalized spacial score (nSPS) is 18.6. The number of hydrogen-bond donors (Lipinski definition) is 1. The fourth-order valence-corrected chi connectivity index (χ4v) is 6.14. The van der Waals surface area contributed by atoms with Gasteiger partial charge in [0.2, 0.25) is 5.95 Å². The molecule has 1 atom stereocenters. The highest BCUT2D eigenvalue weighted by molar-refractivity contribution is 5.86. The molecular formula is C31H35N5O4. The predicted octanol–water partition coefficient (Wildman–Crippen LogP) is 4.60. The van der Waals surface area contributed by atoms with Crippen molar-refractivity contribution in [3.05, 3.63) is 74.9 Å². The molecule has 208 valence electrons. The third-order valence-electron chi connectivity index (χ3n) is 8.50. The Bertz CT molecular complexity index is 1700. The maximum Gasteiger partial charge on any atom is 0.345 e. The molecule has 0 spiro atoms. The van der Waals surface area contributed by atoms with Crippen LogP contribution in [0.15, 0.2) is 62.5 Å². The maximum absolute atomic E-state index is 13.2. The summed E-state index contributed by atoms with van der Waals surface area (Å²) in [6, 6.07) is 15.2. The zero-order valence-electron chi connectivity index (χ0n) is 23.7. The number of nitrogens with one attached hydrogen (secondary N) is 1. The summed E-state index contributed by atoms with van der Waals surface area (Å²) in [7, 11) is 3.76. The van der Waals surface area contributed by atoms with Gasteiger partial charge in [0.15, 0.2) is 0 Å². The molecule has 2 aliphatic heterocycles. The van der Waals surface area contributed by atoms with E-state index < -0.39 is 5.63 Å². The van der Waals surface area contributed by atoms with Crippen LogP contribution in [0, 0.1) is 0 Å². The second-order valence-electron chi connectivity index (χ2n) is 11.5. The minimum atomic E-state index is -0.511. The first kappa shape index (κ1) is 26.0. The highest BCUT2D eigenvalue weighted by atomic mass is 16.5. The Kier molecular flexibility index (Phi) is 6.32. The van der Waals surface area contributed by atoms with E-state index in [4.69, 9.17) is 14.1 Å². The number of aromatic amines is 1. The molecule has 2 aromatic carbocycles. The van der Waals surface area contributed by atoms with Gasteiger partial charge in [-0.2, -0.15) is 0 Å². The first-order valence-corrected chi connectivity index (χ1v) is 13.7. The molecule has 1 fully saturated rings. The largest absolute Gasteiger partial charge is 0.495 e. The minimum Gasteiger partial charge on any atom is -0.495 e. The summed E-state index contributed by atoms with van der Waals surface area (Å²) < 4.78 is 11.3. The number of hydrogen-bond acceptors (Lipinski definition) is 8. The lowest BCUT2D eigenvalue weighted by atomic mass is 9.80. The van der Waals surface area contributed by atoms with Crippen LogP contribution < -0.4 is 30.6 Å². The van der Waals surface area contributed by atoms with E-state index in [1.807, 2.05) is 35.2 Å². The van der Waals surface area contributed by atoms with Gasteiger partial charge in [-0.15, -0.1) is 0 Å². The molecule has 4 aromatic rings. The number of H-pyrrole nitrogens is 1. The third kappa shape index (κ3) is 4.49. The Morgan fingerprint density at radius 2 is 1.73 bits per heavy atom. The van der Waals surface area contributed by atoms with Crippen LogP contribution in [0.25, 0.3) is 22.2 Å². The van der Waals surface area contributed by atoms with Crippen molar-refractivity contribution in [1.82, 2.24) is 9.97 Å². The molecule has 1 saturated heterocycles. The fraction of sp³-hybridized carbons (Fsp3) is 0.387. The summed E-state index contributed by atoms with van der Waals surface area (Å²) >= 11 is 0. The average molecular weight is 542 g/mol. The van der Waals surface area contributed by atoms with Gasteiger partial charge in [-0.1, -0.05) is 19.1 Å². The van der Waals surface area contributed by atoms with Gasteiger partial charge in [0, 0.05) is 62.0 Å². The van der Waals surface area contributed by atoms with Gasteiger partial charge in [0.05, 0.1) is 24.1 Å². The van der Waals surface area contributed by atoms with Gasteiger partial charge in [0.25, 0.3) is 5.56 Å². The van der Waals surface area contributed by atoms with E-state index in [0.29, 0.717) is 36.2 Å². The van der Waals surface area contributed by atoms with Crippen molar-refractivity contribution in [1.29, 1.82) is 0 Å². The topological polar surface area (TPSA) is 94.9 Å². The number of fused-ring (bicyclic) bond motifs is 2. The van der Waals surface area contributed by atoms with E-state index in [1.54, 1.807) is 13.2 Å². The molecule has 9 nitrogen and oxygen atoms in total. The van der Waals surface area contributed by atoms with Crippen molar-refractivity contribution < 1.29 is 9.15 Å². The summed E-state index contributed by atoms with van der Waals surface area (Å²) in [5, 5.41) is 0.822. The van der Waals surface area contributed by atoms with E-state index in [2.05, 4.69) is 48.7 Å². The van der Waals surface area contributed by atoms with Crippen molar-refractivity contribution in [2.45, 2.75) is 38.6 Å². The zero-order chi connectivity index (χ0) is 28.2. The van der Waals surface area contributed by atoms with Gasteiger partial charge in [-0.05, 0) is 56.0 Å². The Balaban J connectivity index is 1.31. The van der Waals surface area contributed by atoms with Crippen LogP contribution in [0.5, 0.6) is 5.75 Å². The van der Waals surface area contributed by atoms with E-state index in [0.717, 1.165) is 42.0 Å². The maximum atomic E-state index is 13.2. The fourth-order valence-electron chi connectivity index (χ4n) is 6.14. The number of para-hydroxylation sites is 2. The number of ether oxygens (including phenoxy) is 1. The standard InChI is InChI=1S/C31H35N5O4/c1-19-18-31(2,3)34(4)25-17-27-20(14-21(19)25)15-22(29(38)40-27)23-16-28(37)33-30(32-23)36-12-10-35(11-13-36)24-8-6-7-9-26(24)39-5/h6-9,14-17,19H,10-13,18H2,1-5H3,(H,32,33,37). The molecule has 1 N–H and O–H groups in total. The van der Waals surface area contributed by atoms with Crippen LogP contribution in [0.1, 0.15) is 38.7 Å². The van der Waals surface area contributed by atoms with Crippen LogP contribution in [0.3, 0.4) is 0 Å². The zero-order valence-corrected chi connectivity index (χ0v) is 23.7. The minimum absolute atomic E-state index is 0.00433. The Labute approximate surface area is 233 Å². The van der Waals surface area contributed by atoms with Crippen molar-refractivity contribution in [3.63, 3.8) is 0 Å². The summed E-state index contributed by atoms with van der Waals surface area (Å²) in [6.07, 6.45) is 1.02. The first-order chi connectivity index (χ1) is 19.1. The summed E-state index contributed by atoms with van der Waals surface area (Å²) in [5.41, 5.74) is 3.65. The molecule has 40 heavy (non-hydrogen) atoms. The highest BCUT2D eigenvalue weighted by Crippen LogP contribution is 2.44. The van der Waals surface area contributed by atoms with E-state index in [1.165, 1.54) is 11.6 Å². The molecule has 6 rings (SSSR count). The lowest BCUT2D eigenvalue weighted by Gasteiger charge is -2.45. The van der Waals surface area contributed by atoms with E-state index >= 15 is 0 Å². The van der Waals surface area contributed by atoms with Gasteiger partial charge in [-0.3, -0.25) is 9.78 Å². The lowest BCUT2D eigenvalue weighted by Crippen LogP contribution is -2.47. The van der Waals surface area contributed by atoms with Crippen molar-refractivity contribution >= 4 is 28.3 Å². The molecule has 2 aliphatic rings. The van der Waals surface area contributed by atoms with Gasteiger partial charge in [-0.25, -0.2) is 9.78 Å². The smallest absolute Gasteiger partial charge is 0.345 e. The Morgan fingerprint density at radius 1 is 1.00 bits per heavy atom. The number of benzene rings is 2. The number of rotatable bonds is 4. The number of piperazine rings is 1. The lowest BCUT2D eigenvalue weighted by molar-refractivity contribution is 0.395. The molecule has 1 unspecified atom stereocenters. The predicted molar refractivity (Wildman–Crippen MR) is 159 cm³/mol.